The van der Waals surface area contributed by atoms with Crippen molar-refractivity contribution in [3.05, 3.63) is 35.5 Å². The van der Waals surface area contributed by atoms with Gasteiger partial charge in [0.25, 0.3) is 0 Å². The van der Waals surface area contributed by atoms with E-state index in [0.717, 1.165) is 19.5 Å². The summed E-state index contributed by atoms with van der Waals surface area (Å²) in [6.45, 7) is 7.12. The zero-order valence-corrected chi connectivity index (χ0v) is 13.5. The molecule has 1 aromatic heterocycles. The van der Waals surface area contributed by atoms with Crippen molar-refractivity contribution < 1.29 is 5.11 Å². The molecule has 3 heterocycles. The maximum absolute atomic E-state index is 9.74. The lowest BCUT2D eigenvalue weighted by Gasteiger charge is -2.50. The highest BCUT2D eigenvalue weighted by molar-refractivity contribution is 5.85. The predicted octanol–water partition coefficient (Wildman–Crippen LogP) is 3.35. The Kier molecular flexibility index (Phi) is 3.50. The molecule has 4 atom stereocenters. The fourth-order valence-corrected chi connectivity index (χ4v) is 4.93. The lowest BCUT2D eigenvalue weighted by Crippen LogP contribution is -2.51. The molecule has 2 N–H and O–H groups in total. The van der Waals surface area contributed by atoms with E-state index in [-0.39, 0.29) is 0 Å². The van der Waals surface area contributed by atoms with Crippen LogP contribution in [0, 0.1) is 17.8 Å². The van der Waals surface area contributed by atoms with Gasteiger partial charge < -0.3 is 10.1 Å². The number of nitrogens with zero attached hydrogens (tertiary/aromatic N) is 1. The Balaban J connectivity index is 1.82. The van der Waals surface area contributed by atoms with Crippen LogP contribution >= 0.6 is 0 Å². The van der Waals surface area contributed by atoms with Crippen molar-refractivity contribution >= 4 is 10.9 Å². The molecule has 4 rings (SSSR count). The minimum Gasteiger partial charge on any atom is -0.396 e. The van der Waals surface area contributed by atoms with Gasteiger partial charge in [0, 0.05) is 36.3 Å². The molecule has 0 radical (unpaired) electrons. The third-order valence-electron chi connectivity index (χ3n) is 6.18. The molecule has 2 aliphatic rings. The molecule has 0 bridgehead atoms. The zero-order chi connectivity index (χ0) is 15.3. The van der Waals surface area contributed by atoms with Crippen LogP contribution in [0.15, 0.2) is 24.3 Å². The third-order valence-corrected chi connectivity index (χ3v) is 6.18. The number of rotatable bonds is 2. The van der Waals surface area contributed by atoms with Crippen LogP contribution in [0.25, 0.3) is 10.9 Å². The summed E-state index contributed by atoms with van der Waals surface area (Å²) in [7, 11) is 0. The molecule has 1 saturated heterocycles. The maximum atomic E-state index is 9.74. The number of aromatic amines is 1. The second-order valence-electron chi connectivity index (χ2n) is 7.13. The molecule has 0 aliphatic carbocycles. The van der Waals surface area contributed by atoms with Crippen molar-refractivity contribution in [2.45, 2.75) is 32.7 Å². The van der Waals surface area contributed by atoms with Gasteiger partial charge in [-0.3, -0.25) is 4.90 Å². The van der Waals surface area contributed by atoms with Crippen LogP contribution in [0.3, 0.4) is 0 Å². The summed E-state index contributed by atoms with van der Waals surface area (Å²) < 4.78 is 0. The molecular formula is C19H26N2O. The number of piperidine rings is 1. The fraction of sp³-hybridized carbons (Fsp3) is 0.579. The lowest BCUT2D eigenvalue weighted by molar-refractivity contribution is -0.0199. The molecule has 3 heteroatoms. The lowest BCUT2D eigenvalue weighted by atomic mass is 9.70. The van der Waals surface area contributed by atoms with E-state index in [1.54, 1.807) is 0 Å². The average Bonchev–Trinajstić information content (AvgIpc) is 2.93. The summed E-state index contributed by atoms with van der Waals surface area (Å²) >= 11 is 0. The van der Waals surface area contributed by atoms with Gasteiger partial charge in [0.1, 0.15) is 0 Å². The molecular weight excluding hydrogens is 272 g/mol. The molecule has 22 heavy (non-hydrogen) atoms. The van der Waals surface area contributed by atoms with Crippen LogP contribution in [0.1, 0.15) is 37.6 Å². The van der Waals surface area contributed by atoms with Crippen LogP contribution in [-0.2, 0) is 6.42 Å². The first kappa shape index (κ1) is 14.3. The molecule has 0 unspecified atom stereocenters. The number of nitrogens with one attached hydrogen (secondary N) is 1. The Hall–Kier alpha value is -1.32. The Bertz CT molecular complexity index is 677. The molecule has 0 saturated carbocycles. The summed E-state index contributed by atoms with van der Waals surface area (Å²) in [4.78, 5) is 6.35. The maximum Gasteiger partial charge on any atom is 0.0532 e. The molecule has 2 aromatic rings. The number of H-pyrrole nitrogens is 1. The van der Waals surface area contributed by atoms with Gasteiger partial charge in [-0.25, -0.2) is 0 Å². The van der Waals surface area contributed by atoms with Crippen LogP contribution < -0.4 is 0 Å². The van der Waals surface area contributed by atoms with E-state index in [1.807, 2.05) is 0 Å². The quantitative estimate of drug-likeness (QED) is 0.892. The minimum atomic E-state index is 0.320. The molecule has 3 nitrogen and oxygen atoms in total. The van der Waals surface area contributed by atoms with E-state index in [4.69, 9.17) is 0 Å². The second-order valence-corrected chi connectivity index (χ2v) is 7.13. The summed E-state index contributed by atoms with van der Waals surface area (Å²) in [6, 6.07) is 9.21. The van der Waals surface area contributed by atoms with Gasteiger partial charge in [-0.1, -0.05) is 38.5 Å². The van der Waals surface area contributed by atoms with E-state index in [2.05, 4.69) is 48.0 Å². The third kappa shape index (κ3) is 1.95. The topological polar surface area (TPSA) is 39.3 Å². The fourth-order valence-electron chi connectivity index (χ4n) is 4.93. The van der Waals surface area contributed by atoms with Gasteiger partial charge in [0.05, 0.1) is 6.04 Å². The Morgan fingerprint density at radius 1 is 1.32 bits per heavy atom. The SMILES string of the molecule is CC[C@@H]1[C@H](C)[C@H](CO)CN2CCc3c([nH]c4ccccc34)[C@H]12. The normalized spacial score (nSPS) is 32.0. The van der Waals surface area contributed by atoms with Gasteiger partial charge in [-0.05, 0) is 35.8 Å². The summed E-state index contributed by atoms with van der Waals surface area (Å²) in [5, 5.41) is 11.1. The first-order chi connectivity index (χ1) is 10.7. The zero-order valence-electron chi connectivity index (χ0n) is 13.5. The Morgan fingerprint density at radius 2 is 2.14 bits per heavy atom. The number of aliphatic hydroxyl groups excluding tert-OH is 1. The first-order valence-corrected chi connectivity index (χ1v) is 8.69. The Labute approximate surface area is 132 Å². The highest BCUT2D eigenvalue weighted by Gasteiger charge is 2.44. The van der Waals surface area contributed by atoms with Crippen molar-refractivity contribution in [3.63, 3.8) is 0 Å². The van der Waals surface area contributed by atoms with Crippen LogP contribution in [0.2, 0.25) is 0 Å². The molecule has 0 amide bonds. The van der Waals surface area contributed by atoms with E-state index in [1.165, 1.54) is 28.6 Å². The number of hydrogen-bond donors (Lipinski definition) is 2. The summed E-state index contributed by atoms with van der Waals surface area (Å²) in [6.07, 6.45) is 2.30. The van der Waals surface area contributed by atoms with Crippen LogP contribution in [-0.4, -0.2) is 34.7 Å². The van der Waals surface area contributed by atoms with Crippen molar-refractivity contribution in [3.8, 4) is 0 Å². The minimum absolute atomic E-state index is 0.320. The van der Waals surface area contributed by atoms with Crippen molar-refractivity contribution in [2.24, 2.45) is 17.8 Å². The van der Waals surface area contributed by atoms with Gasteiger partial charge in [-0.2, -0.15) is 0 Å². The predicted molar refractivity (Wildman–Crippen MR) is 89.8 cm³/mol. The number of hydrogen-bond acceptors (Lipinski definition) is 2. The van der Waals surface area contributed by atoms with E-state index >= 15 is 0 Å². The van der Waals surface area contributed by atoms with E-state index < -0.39 is 0 Å². The number of fused-ring (bicyclic) bond motifs is 5. The molecule has 1 fully saturated rings. The molecule has 0 spiro atoms. The number of aliphatic hydroxyl groups is 1. The van der Waals surface area contributed by atoms with Gasteiger partial charge >= 0.3 is 0 Å². The molecule has 2 aliphatic heterocycles. The number of aromatic nitrogens is 1. The molecule has 1 aromatic carbocycles. The van der Waals surface area contributed by atoms with Crippen LogP contribution in [0.4, 0.5) is 0 Å². The van der Waals surface area contributed by atoms with E-state index in [0.29, 0.717) is 30.4 Å². The van der Waals surface area contributed by atoms with Gasteiger partial charge in [0.2, 0.25) is 0 Å². The highest BCUT2D eigenvalue weighted by atomic mass is 16.3. The average molecular weight is 298 g/mol. The van der Waals surface area contributed by atoms with Crippen molar-refractivity contribution in [1.29, 1.82) is 0 Å². The summed E-state index contributed by atoms with van der Waals surface area (Å²) in [5.41, 5.74) is 4.26. The monoisotopic (exact) mass is 298 g/mol. The standard InChI is InChI=1S/C19H26N2O/c1-3-14-12(2)13(11-22)10-21-9-8-16-15-6-4-5-7-17(15)20-18(16)19(14)21/h4-7,12-14,19-20,22H,3,8-11H2,1-2H3/t12-,13+,14-,19+/m1/s1. The van der Waals surface area contributed by atoms with Crippen molar-refractivity contribution in [2.75, 3.05) is 19.7 Å². The summed E-state index contributed by atoms with van der Waals surface area (Å²) in [5.74, 6) is 1.62. The van der Waals surface area contributed by atoms with E-state index in [9.17, 15) is 5.11 Å². The van der Waals surface area contributed by atoms with Gasteiger partial charge in [0.15, 0.2) is 0 Å². The largest absolute Gasteiger partial charge is 0.396 e. The van der Waals surface area contributed by atoms with Crippen molar-refractivity contribution in [1.82, 2.24) is 9.88 Å². The van der Waals surface area contributed by atoms with Gasteiger partial charge in [-0.15, -0.1) is 0 Å². The highest BCUT2D eigenvalue weighted by Crippen LogP contribution is 2.47. The first-order valence-electron chi connectivity index (χ1n) is 8.69. The number of benzene rings is 1. The van der Waals surface area contributed by atoms with Crippen LogP contribution in [0.5, 0.6) is 0 Å². The Morgan fingerprint density at radius 3 is 2.91 bits per heavy atom. The number of para-hydroxylation sites is 1. The second kappa shape index (κ2) is 5.39. The smallest absolute Gasteiger partial charge is 0.0532 e. The molecule has 118 valence electrons.